The Kier molecular flexibility index (Phi) is 6.13. The van der Waals surface area contributed by atoms with Gasteiger partial charge >= 0.3 is 12.2 Å². The second-order valence-corrected chi connectivity index (χ2v) is 5.88. The number of hydrogen-bond acceptors (Lipinski definition) is 6. The molecular formula is C19H16ClN3O5. The highest BCUT2D eigenvalue weighted by Gasteiger charge is 2.21. The molecule has 0 aliphatic carbocycles. The van der Waals surface area contributed by atoms with E-state index in [9.17, 15) is 9.59 Å². The fourth-order valence-electron chi connectivity index (χ4n) is 2.36. The summed E-state index contributed by atoms with van der Waals surface area (Å²) in [6.45, 7) is -0.0345. The molecule has 0 bridgehead atoms. The summed E-state index contributed by atoms with van der Waals surface area (Å²) in [5.41, 5.74) is 6.11. The standard InChI is InChI=1S/C19H16ClN3O5/c20-16-15(11-12-26-19(25)27-14-9-5-2-6-10-14)22-23(17(16)28-18(21)24)13-7-3-1-4-8-13/h1-10H,11-12H2,(H2,21,24). The van der Waals surface area contributed by atoms with E-state index in [0.717, 1.165) is 0 Å². The minimum atomic E-state index is -1.02. The lowest BCUT2D eigenvalue weighted by Gasteiger charge is -2.06. The normalized spacial score (nSPS) is 10.3. The summed E-state index contributed by atoms with van der Waals surface area (Å²) < 4.78 is 16.4. The number of benzene rings is 2. The molecular weight excluding hydrogens is 386 g/mol. The molecule has 8 nitrogen and oxygen atoms in total. The van der Waals surface area contributed by atoms with Gasteiger partial charge in [-0.3, -0.25) is 0 Å². The lowest BCUT2D eigenvalue weighted by Crippen LogP contribution is -2.18. The molecule has 3 rings (SSSR count). The lowest BCUT2D eigenvalue weighted by molar-refractivity contribution is 0.0999. The van der Waals surface area contributed by atoms with Gasteiger partial charge in [0.2, 0.25) is 5.88 Å². The Morgan fingerprint density at radius 1 is 1.00 bits per heavy atom. The van der Waals surface area contributed by atoms with E-state index in [2.05, 4.69) is 5.10 Å². The van der Waals surface area contributed by atoms with Crippen LogP contribution < -0.4 is 15.2 Å². The predicted octanol–water partition coefficient (Wildman–Crippen LogP) is 3.74. The number of amides is 1. The Morgan fingerprint density at radius 3 is 2.29 bits per heavy atom. The zero-order valence-corrected chi connectivity index (χ0v) is 15.3. The third-order valence-electron chi connectivity index (χ3n) is 3.56. The first-order chi connectivity index (χ1) is 13.5. The fourth-order valence-corrected chi connectivity index (χ4v) is 2.61. The highest BCUT2D eigenvalue weighted by Crippen LogP contribution is 2.31. The Morgan fingerprint density at radius 2 is 1.64 bits per heavy atom. The minimum absolute atomic E-state index is 0.0118. The number of rotatable bonds is 6. The van der Waals surface area contributed by atoms with Gasteiger partial charge in [0.1, 0.15) is 17.4 Å². The maximum atomic E-state index is 11.7. The molecule has 0 fully saturated rings. The van der Waals surface area contributed by atoms with Gasteiger partial charge in [-0.2, -0.15) is 9.78 Å². The van der Waals surface area contributed by atoms with Crippen molar-refractivity contribution in [3.8, 4) is 17.3 Å². The SMILES string of the molecule is NC(=O)Oc1c(Cl)c(CCOC(=O)Oc2ccccc2)nn1-c1ccccc1. The summed E-state index contributed by atoms with van der Waals surface area (Å²) in [6, 6.07) is 17.5. The fraction of sp³-hybridized carbons (Fsp3) is 0.105. The van der Waals surface area contributed by atoms with Gasteiger partial charge < -0.3 is 19.9 Å². The quantitative estimate of drug-likeness (QED) is 0.498. The number of carbonyl (C=O) groups excluding carboxylic acids is 2. The Bertz CT molecular complexity index is 960. The zero-order chi connectivity index (χ0) is 19.9. The first-order valence-electron chi connectivity index (χ1n) is 8.24. The van der Waals surface area contributed by atoms with Gasteiger partial charge in [0, 0.05) is 6.42 Å². The van der Waals surface area contributed by atoms with Crippen molar-refractivity contribution in [2.24, 2.45) is 5.73 Å². The molecule has 3 aromatic rings. The topological polar surface area (TPSA) is 106 Å². The highest BCUT2D eigenvalue weighted by atomic mass is 35.5. The Balaban J connectivity index is 1.69. The van der Waals surface area contributed by atoms with Gasteiger partial charge in [-0.05, 0) is 24.3 Å². The van der Waals surface area contributed by atoms with Gasteiger partial charge in [0.15, 0.2) is 0 Å². The van der Waals surface area contributed by atoms with E-state index < -0.39 is 12.2 Å². The second-order valence-electron chi connectivity index (χ2n) is 5.50. The summed E-state index contributed by atoms with van der Waals surface area (Å²) in [5.74, 6) is 0.360. The number of ether oxygens (including phenoxy) is 3. The molecule has 0 saturated heterocycles. The third-order valence-corrected chi connectivity index (χ3v) is 3.94. The van der Waals surface area contributed by atoms with Crippen LogP contribution in [0.25, 0.3) is 5.69 Å². The van der Waals surface area contributed by atoms with Crippen LogP contribution in [0.1, 0.15) is 5.69 Å². The number of carbonyl (C=O) groups is 2. The zero-order valence-electron chi connectivity index (χ0n) is 14.6. The van der Waals surface area contributed by atoms with Crippen molar-refractivity contribution in [1.82, 2.24) is 9.78 Å². The van der Waals surface area contributed by atoms with E-state index in [1.807, 2.05) is 6.07 Å². The van der Waals surface area contributed by atoms with Crippen molar-refractivity contribution in [1.29, 1.82) is 0 Å². The number of nitrogens with two attached hydrogens (primary N) is 1. The first kappa shape index (κ1) is 19.2. The summed E-state index contributed by atoms with van der Waals surface area (Å²) >= 11 is 6.28. The minimum Gasteiger partial charge on any atom is -0.434 e. The molecule has 0 radical (unpaired) electrons. The van der Waals surface area contributed by atoms with E-state index in [1.165, 1.54) is 4.68 Å². The van der Waals surface area contributed by atoms with Crippen molar-refractivity contribution in [3.63, 3.8) is 0 Å². The number of nitrogens with zero attached hydrogens (tertiary/aromatic N) is 2. The molecule has 2 aromatic carbocycles. The van der Waals surface area contributed by atoms with Gasteiger partial charge in [-0.15, -0.1) is 0 Å². The molecule has 0 saturated carbocycles. The van der Waals surface area contributed by atoms with Crippen LogP contribution in [0.4, 0.5) is 9.59 Å². The molecule has 1 aromatic heterocycles. The van der Waals surface area contributed by atoms with E-state index in [0.29, 0.717) is 17.1 Å². The van der Waals surface area contributed by atoms with Gasteiger partial charge in [-0.1, -0.05) is 48.0 Å². The predicted molar refractivity (Wildman–Crippen MR) is 101 cm³/mol. The molecule has 0 aliphatic rings. The molecule has 0 aliphatic heterocycles. The average Bonchev–Trinajstić information content (AvgIpc) is 2.99. The molecule has 28 heavy (non-hydrogen) atoms. The van der Waals surface area contributed by atoms with E-state index in [1.54, 1.807) is 54.6 Å². The summed E-state index contributed by atoms with van der Waals surface area (Å²) in [4.78, 5) is 22.9. The molecule has 0 atom stereocenters. The number of aromatic nitrogens is 2. The van der Waals surface area contributed by atoms with Crippen molar-refractivity contribution < 1.29 is 23.8 Å². The largest absolute Gasteiger partial charge is 0.513 e. The lowest BCUT2D eigenvalue weighted by atomic mass is 10.3. The molecule has 1 heterocycles. The molecule has 9 heteroatoms. The Hall–Kier alpha value is -3.52. The number of halogens is 1. The van der Waals surface area contributed by atoms with E-state index in [-0.39, 0.29) is 23.9 Å². The van der Waals surface area contributed by atoms with Crippen LogP contribution in [-0.2, 0) is 11.2 Å². The second kappa shape index (κ2) is 8.92. The molecule has 0 unspecified atom stereocenters. The molecule has 0 spiro atoms. The third kappa shape index (κ3) is 4.80. The number of para-hydroxylation sites is 2. The maximum absolute atomic E-state index is 11.7. The van der Waals surface area contributed by atoms with Gasteiger partial charge in [-0.25, -0.2) is 9.59 Å². The molecule has 144 valence electrons. The average molecular weight is 402 g/mol. The van der Waals surface area contributed by atoms with Crippen molar-refractivity contribution in [2.75, 3.05) is 6.61 Å². The van der Waals surface area contributed by atoms with Crippen LogP contribution in [0.15, 0.2) is 60.7 Å². The van der Waals surface area contributed by atoms with Crippen LogP contribution in [0.3, 0.4) is 0 Å². The van der Waals surface area contributed by atoms with E-state index in [4.69, 9.17) is 31.5 Å². The van der Waals surface area contributed by atoms with Crippen molar-refractivity contribution >= 4 is 23.8 Å². The first-order valence-corrected chi connectivity index (χ1v) is 8.62. The van der Waals surface area contributed by atoms with Crippen LogP contribution >= 0.6 is 11.6 Å². The Labute approximate surface area is 165 Å². The summed E-state index contributed by atoms with van der Waals surface area (Å²) in [5, 5.41) is 4.43. The van der Waals surface area contributed by atoms with Crippen LogP contribution in [-0.4, -0.2) is 28.6 Å². The highest BCUT2D eigenvalue weighted by molar-refractivity contribution is 6.32. The monoisotopic (exact) mass is 401 g/mol. The molecule has 2 N–H and O–H groups in total. The smallest absolute Gasteiger partial charge is 0.434 e. The van der Waals surface area contributed by atoms with Crippen LogP contribution in [0, 0.1) is 0 Å². The van der Waals surface area contributed by atoms with Crippen molar-refractivity contribution in [3.05, 3.63) is 71.4 Å². The number of hydrogen-bond donors (Lipinski definition) is 1. The van der Waals surface area contributed by atoms with Gasteiger partial charge in [0.05, 0.1) is 11.4 Å². The summed E-state index contributed by atoms with van der Waals surface area (Å²) in [6.07, 6.45) is -1.69. The van der Waals surface area contributed by atoms with E-state index >= 15 is 0 Å². The van der Waals surface area contributed by atoms with Gasteiger partial charge in [0.25, 0.3) is 0 Å². The molecule has 1 amide bonds. The maximum Gasteiger partial charge on any atom is 0.513 e. The summed E-state index contributed by atoms with van der Waals surface area (Å²) in [7, 11) is 0. The van der Waals surface area contributed by atoms with Crippen LogP contribution in [0.5, 0.6) is 11.6 Å². The number of primary amides is 1. The van der Waals surface area contributed by atoms with Crippen LogP contribution in [0.2, 0.25) is 5.02 Å². The van der Waals surface area contributed by atoms with Crippen molar-refractivity contribution in [2.45, 2.75) is 6.42 Å².